The van der Waals surface area contributed by atoms with E-state index in [1.54, 1.807) is 6.08 Å². The Labute approximate surface area is 139 Å². The van der Waals surface area contributed by atoms with Gasteiger partial charge in [0.1, 0.15) is 0 Å². The first-order valence-corrected chi connectivity index (χ1v) is 7.91. The Morgan fingerprint density at radius 2 is 2.08 bits per heavy atom. The molecular weight excluding hydrogens is 316 g/mol. The number of hydrogen-bond donors (Lipinski definition) is 2. The molecule has 0 saturated carbocycles. The van der Waals surface area contributed by atoms with Crippen molar-refractivity contribution in [3.63, 3.8) is 0 Å². The Morgan fingerprint density at radius 3 is 2.88 bits per heavy atom. The van der Waals surface area contributed by atoms with Crippen molar-refractivity contribution in [2.24, 2.45) is 0 Å². The van der Waals surface area contributed by atoms with Gasteiger partial charge in [0.25, 0.3) is 0 Å². The van der Waals surface area contributed by atoms with E-state index in [1.165, 1.54) is 0 Å². The topological polar surface area (TPSA) is 94.5 Å². The van der Waals surface area contributed by atoms with Gasteiger partial charge in [-0.3, -0.25) is 0 Å². The highest BCUT2D eigenvalue weighted by Gasteiger charge is 2.29. The average Bonchev–Trinajstić information content (AvgIpc) is 3.06. The molecule has 0 fully saturated rings. The molecule has 0 amide bonds. The lowest BCUT2D eigenvalue weighted by Crippen LogP contribution is -2.27. The van der Waals surface area contributed by atoms with E-state index in [0.717, 1.165) is 5.56 Å². The van der Waals surface area contributed by atoms with E-state index in [-0.39, 0.29) is 25.1 Å². The summed E-state index contributed by atoms with van der Waals surface area (Å²) >= 11 is 0. The summed E-state index contributed by atoms with van der Waals surface area (Å²) in [6, 6.07) is 5.57. The first-order valence-electron chi connectivity index (χ1n) is 7.91. The minimum absolute atomic E-state index is 0.106. The predicted molar refractivity (Wildman–Crippen MR) is 82.8 cm³/mol. The van der Waals surface area contributed by atoms with Crippen molar-refractivity contribution in [3.8, 4) is 11.5 Å². The van der Waals surface area contributed by atoms with E-state index >= 15 is 0 Å². The van der Waals surface area contributed by atoms with Crippen molar-refractivity contribution < 1.29 is 34.0 Å². The highest BCUT2D eigenvalue weighted by atomic mass is 16.7. The number of rotatable bonds is 7. The molecule has 24 heavy (non-hydrogen) atoms. The summed E-state index contributed by atoms with van der Waals surface area (Å²) in [6.45, 7) is 0.709. The number of aliphatic hydroxyl groups is 1. The molecule has 7 nitrogen and oxygen atoms in total. The number of ether oxygens (including phenoxy) is 4. The molecule has 0 radical (unpaired) electrons. The third-order valence-corrected chi connectivity index (χ3v) is 3.95. The maximum atomic E-state index is 11.3. The Hall–Kier alpha value is -2.25. The van der Waals surface area contributed by atoms with Gasteiger partial charge in [-0.25, -0.2) is 4.79 Å². The van der Waals surface area contributed by atoms with Crippen LogP contribution >= 0.6 is 0 Å². The van der Waals surface area contributed by atoms with Crippen molar-refractivity contribution in [1.82, 2.24) is 0 Å². The molecule has 2 aliphatic rings. The molecule has 2 atom stereocenters. The van der Waals surface area contributed by atoms with Crippen LogP contribution in [0.2, 0.25) is 0 Å². The number of carboxylic acids is 1. The monoisotopic (exact) mass is 336 g/mol. The number of allylic oxidation sites excluding steroid dienone is 1. The van der Waals surface area contributed by atoms with E-state index in [4.69, 9.17) is 24.1 Å². The fraction of sp³-hybridized carbons (Fsp3) is 0.471. The van der Waals surface area contributed by atoms with Crippen LogP contribution in [-0.4, -0.2) is 42.5 Å². The number of aliphatic hydroxyl groups excluding tert-OH is 1. The number of benzene rings is 1. The lowest BCUT2D eigenvalue weighted by atomic mass is 9.92. The maximum absolute atomic E-state index is 11.3. The van der Waals surface area contributed by atoms with Gasteiger partial charge in [0.15, 0.2) is 11.5 Å². The second kappa shape index (κ2) is 7.55. The van der Waals surface area contributed by atoms with Gasteiger partial charge in [0.2, 0.25) is 18.8 Å². The second-order valence-electron chi connectivity index (χ2n) is 5.64. The largest absolute Gasteiger partial charge is 0.475 e. The highest BCUT2D eigenvalue weighted by molar-refractivity contribution is 5.84. The minimum atomic E-state index is -1.12. The third-order valence-electron chi connectivity index (χ3n) is 3.95. The van der Waals surface area contributed by atoms with Gasteiger partial charge in [-0.1, -0.05) is 6.07 Å². The number of aliphatic carboxylic acids is 1. The molecule has 130 valence electrons. The van der Waals surface area contributed by atoms with E-state index in [9.17, 15) is 9.90 Å². The smallest absolute Gasteiger partial charge is 0.370 e. The lowest BCUT2D eigenvalue weighted by molar-refractivity contribution is -0.157. The molecule has 7 heteroatoms. The number of fused-ring (bicyclic) bond motifs is 1. The minimum Gasteiger partial charge on any atom is -0.475 e. The highest BCUT2D eigenvalue weighted by Crippen LogP contribution is 2.38. The van der Waals surface area contributed by atoms with E-state index in [0.29, 0.717) is 37.4 Å². The quantitative estimate of drug-likeness (QED) is 0.735. The predicted octanol–water partition coefficient (Wildman–Crippen LogP) is 2.00. The van der Waals surface area contributed by atoms with Gasteiger partial charge < -0.3 is 29.2 Å². The zero-order chi connectivity index (χ0) is 16.9. The van der Waals surface area contributed by atoms with Gasteiger partial charge in [-0.05, 0) is 36.6 Å². The zero-order valence-electron chi connectivity index (χ0n) is 13.1. The summed E-state index contributed by atoms with van der Waals surface area (Å²) in [7, 11) is 0. The van der Waals surface area contributed by atoms with Crippen LogP contribution in [0.25, 0.3) is 0 Å². The maximum Gasteiger partial charge on any atom is 0.370 e. The fourth-order valence-corrected chi connectivity index (χ4v) is 2.72. The number of hydrogen-bond acceptors (Lipinski definition) is 6. The Kier molecular flexibility index (Phi) is 5.22. The van der Waals surface area contributed by atoms with Crippen molar-refractivity contribution in [1.29, 1.82) is 0 Å². The molecule has 2 N–H and O–H groups in total. The number of carboxylic acid groups (broad SMARTS) is 1. The van der Waals surface area contributed by atoms with Crippen LogP contribution < -0.4 is 9.47 Å². The second-order valence-corrected chi connectivity index (χ2v) is 5.64. The van der Waals surface area contributed by atoms with Crippen molar-refractivity contribution >= 4 is 5.97 Å². The third kappa shape index (κ3) is 3.80. The number of carbonyl (C=O) groups is 1. The van der Waals surface area contributed by atoms with Crippen LogP contribution in [0.4, 0.5) is 0 Å². The lowest BCUT2D eigenvalue weighted by Gasteiger charge is -2.28. The molecule has 0 bridgehead atoms. The zero-order valence-corrected chi connectivity index (χ0v) is 13.1. The van der Waals surface area contributed by atoms with Crippen molar-refractivity contribution in [2.75, 3.05) is 20.0 Å². The SMILES string of the molecule is O=C(O)C1=C[C@H](c2ccc3c(c2)OCO3)C[C@H](OCCCCO)O1. The van der Waals surface area contributed by atoms with Crippen molar-refractivity contribution in [3.05, 3.63) is 35.6 Å². The van der Waals surface area contributed by atoms with Crippen LogP contribution in [-0.2, 0) is 14.3 Å². The average molecular weight is 336 g/mol. The van der Waals surface area contributed by atoms with E-state index < -0.39 is 12.3 Å². The summed E-state index contributed by atoms with van der Waals surface area (Å²) in [5.41, 5.74) is 0.922. The first-order chi connectivity index (χ1) is 11.7. The van der Waals surface area contributed by atoms with E-state index in [2.05, 4.69) is 0 Å². The molecule has 0 spiro atoms. The van der Waals surface area contributed by atoms with Crippen LogP contribution in [0, 0.1) is 0 Å². The summed E-state index contributed by atoms with van der Waals surface area (Å²) < 4.78 is 21.7. The Morgan fingerprint density at radius 1 is 1.25 bits per heavy atom. The molecule has 1 aromatic rings. The van der Waals surface area contributed by atoms with E-state index in [1.807, 2.05) is 18.2 Å². The normalized spacial score (nSPS) is 22.0. The summed E-state index contributed by atoms with van der Waals surface area (Å²) in [5.74, 6) is -0.0441. The van der Waals surface area contributed by atoms with Gasteiger partial charge in [0, 0.05) is 18.9 Å². The fourth-order valence-electron chi connectivity index (χ4n) is 2.72. The van der Waals surface area contributed by atoms with Crippen molar-refractivity contribution in [2.45, 2.75) is 31.5 Å². The molecule has 2 heterocycles. The molecule has 0 aromatic heterocycles. The number of unbranched alkanes of at least 4 members (excludes halogenated alkanes) is 1. The summed E-state index contributed by atoms with van der Waals surface area (Å²) in [6.07, 6.45) is 2.80. The molecule has 3 rings (SSSR count). The van der Waals surface area contributed by atoms with Crippen LogP contribution in [0.3, 0.4) is 0 Å². The standard InChI is InChI=1S/C17H20O7/c18-5-1-2-6-21-16-9-12(8-15(24-16)17(19)20)11-3-4-13-14(7-11)23-10-22-13/h3-4,7-8,12,16,18H,1-2,5-6,9-10H2,(H,19,20)/t12-,16+/m0/s1. The molecular formula is C17H20O7. The summed E-state index contributed by atoms with van der Waals surface area (Å²) in [4.78, 5) is 11.3. The first kappa shape index (κ1) is 16.6. The van der Waals surface area contributed by atoms with Gasteiger partial charge in [0.05, 0.1) is 6.61 Å². The van der Waals surface area contributed by atoms with Crippen LogP contribution in [0.15, 0.2) is 30.0 Å². The molecule has 1 aromatic carbocycles. The molecule has 0 aliphatic carbocycles. The molecule has 0 unspecified atom stereocenters. The van der Waals surface area contributed by atoms with Gasteiger partial charge in [-0.15, -0.1) is 0 Å². The van der Waals surface area contributed by atoms with Gasteiger partial charge >= 0.3 is 5.97 Å². The van der Waals surface area contributed by atoms with Crippen LogP contribution in [0.1, 0.15) is 30.7 Å². The molecule has 0 saturated heterocycles. The summed E-state index contributed by atoms with van der Waals surface area (Å²) in [5, 5.41) is 18.0. The van der Waals surface area contributed by atoms with Crippen LogP contribution in [0.5, 0.6) is 11.5 Å². The van der Waals surface area contributed by atoms with Gasteiger partial charge in [-0.2, -0.15) is 0 Å². The Balaban J connectivity index is 1.73. The Bertz CT molecular complexity index is 625. The molecule has 2 aliphatic heterocycles.